The zero-order valence-corrected chi connectivity index (χ0v) is 16.2. The number of hydrogen-bond acceptors (Lipinski definition) is 6. The van der Waals surface area contributed by atoms with E-state index in [1.807, 2.05) is 30.0 Å². The van der Waals surface area contributed by atoms with Crippen molar-refractivity contribution in [3.63, 3.8) is 0 Å². The van der Waals surface area contributed by atoms with Crippen molar-refractivity contribution in [2.45, 2.75) is 25.4 Å². The smallest absolute Gasteiger partial charge is 0.257 e. The van der Waals surface area contributed by atoms with Crippen molar-refractivity contribution in [3.8, 4) is 0 Å². The van der Waals surface area contributed by atoms with Crippen LogP contribution in [0.1, 0.15) is 34.5 Å². The zero-order chi connectivity index (χ0) is 19.6. The van der Waals surface area contributed by atoms with E-state index in [0.717, 1.165) is 24.5 Å². The third kappa shape index (κ3) is 3.72. The SMILES string of the molecule is Cc1ccc(C2(O)CCN(C(=O)c3cccnc3N3CCOCC3)CC2)nc1. The Labute approximate surface area is 165 Å². The number of carbonyl (C=O) groups is 1. The molecule has 0 bridgehead atoms. The molecule has 2 aliphatic rings. The molecule has 0 aliphatic carbocycles. The third-order valence-electron chi connectivity index (χ3n) is 5.59. The molecule has 4 rings (SSSR count). The Hall–Kier alpha value is -2.51. The Kier molecular flexibility index (Phi) is 5.28. The average Bonchev–Trinajstić information content (AvgIpc) is 2.75. The lowest BCUT2D eigenvalue weighted by molar-refractivity contribution is -0.0244. The summed E-state index contributed by atoms with van der Waals surface area (Å²) in [6.45, 7) is 5.70. The van der Waals surface area contributed by atoms with Gasteiger partial charge in [-0.05, 0) is 43.5 Å². The van der Waals surface area contributed by atoms with Crippen molar-refractivity contribution in [2.24, 2.45) is 0 Å². The second-order valence-electron chi connectivity index (χ2n) is 7.52. The standard InChI is InChI=1S/C21H26N4O3/c1-16-4-5-18(23-15-16)21(27)6-9-25(10-7-21)20(26)17-3-2-8-22-19(17)24-11-13-28-14-12-24/h2-5,8,15,27H,6-7,9-14H2,1H3. The van der Waals surface area contributed by atoms with Crippen LogP contribution in [-0.4, -0.2) is 65.3 Å². The molecule has 1 amide bonds. The van der Waals surface area contributed by atoms with Gasteiger partial charge in [-0.3, -0.25) is 9.78 Å². The predicted octanol–water partition coefficient (Wildman–Crippen LogP) is 1.75. The minimum atomic E-state index is -0.980. The van der Waals surface area contributed by atoms with Crippen molar-refractivity contribution in [1.82, 2.24) is 14.9 Å². The summed E-state index contributed by atoms with van der Waals surface area (Å²) in [7, 11) is 0. The highest BCUT2D eigenvalue weighted by molar-refractivity contribution is 5.99. The van der Waals surface area contributed by atoms with Crippen molar-refractivity contribution in [1.29, 1.82) is 0 Å². The highest BCUT2D eigenvalue weighted by Crippen LogP contribution is 2.32. The monoisotopic (exact) mass is 382 g/mol. The number of likely N-dealkylation sites (tertiary alicyclic amines) is 1. The number of ether oxygens (including phenoxy) is 1. The highest BCUT2D eigenvalue weighted by atomic mass is 16.5. The van der Waals surface area contributed by atoms with Gasteiger partial charge < -0.3 is 19.6 Å². The van der Waals surface area contributed by atoms with Crippen LogP contribution in [0.4, 0.5) is 5.82 Å². The fraction of sp³-hybridized carbons (Fsp3) is 0.476. The first kappa shape index (κ1) is 18.8. The van der Waals surface area contributed by atoms with Gasteiger partial charge in [0, 0.05) is 38.6 Å². The Morgan fingerprint density at radius 1 is 1.11 bits per heavy atom. The van der Waals surface area contributed by atoms with E-state index in [4.69, 9.17) is 4.74 Å². The van der Waals surface area contributed by atoms with E-state index in [1.165, 1.54) is 0 Å². The lowest BCUT2D eigenvalue weighted by atomic mass is 9.87. The molecule has 2 saturated heterocycles. The van der Waals surface area contributed by atoms with Crippen LogP contribution in [0.2, 0.25) is 0 Å². The number of aromatic nitrogens is 2. The lowest BCUT2D eigenvalue weighted by Gasteiger charge is -2.38. The number of aliphatic hydroxyl groups is 1. The van der Waals surface area contributed by atoms with Crippen molar-refractivity contribution in [2.75, 3.05) is 44.3 Å². The number of piperidine rings is 1. The quantitative estimate of drug-likeness (QED) is 0.871. The van der Waals surface area contributed by atoms with Gasteiger partial charge in [0.2, 0.25) is 0 Å². The molecule has 28 heavy (non-hydrogen) atoms. The Morgan fingerprint density at radius 2 is 1.86 bits per heavy atom. The summed E-state index contributed by atoms with van der Waals surface area (Å²) < 4.78 is 5.41. The summed E-state index contributed by atoms with van der Waals surface area (Å²) in [4.78, 5) is 26.0. The van der Waals surface area contributed by atoms with Gasteiger partial charge in [-0.15, -0.1) is 0 Å². The van der Waals surface area contributed by atoms with E-state index in [1.54, 1.807) is 18.5 Å². The number of aryl methyl sites for hydroxylation is 1. The van der Waals surface area contributed by atoms with Gasteiger partial charge in [0.25, 0.3) is 5.91 Å². The molecule has 2 aromatic heterocycles. The summed E-state index contributed by atoms with van der Waals surface area (Å²) in [6.07, 6.45) is 4.44. The number of amides is 1. The molecule has 2 fully saturated rings. The molecule has 0 spiro atoms. The van der Waals surface area contributed by atoms with Crippen LogP contribution in [-0.2, 0) is 10.3 Å². The fourth-order valence-electron chi connectivity index (χ4n) is 3.84. The maximum atomic E-state index is 13.2. The molecule has 0 saturated carbocycles. The number of morpholine rings is 1. The summed E-state index contributed by atoms with van der Waals surface area (Å²) >= 11 is 0. The number of anilines is 1. The van der Waals surface area contributed by atoms with E-state index in [9.17, 15) is 9.90 Å². The van der Waals surface area contributed by atoms with E-state index < -0.39 is 5.60 Å². The van der Waals surface area contributed by atoms with E-state index in [2.05, 4.69) is 14.9 Å². The van der Waals surface area contributed by atoms with Crippen LogP contribution < -0.4 is 4.90 Å². The van der Waals surface area contributed by atoms with Crippen molar-refractivity contribution in [3.05, 3.63) is 53.5 Å². The van der Waals surface area contributed by atoms with Gasteiger partial charge in [0.1, 0.15) is 11.4 Å². The molecule has 7 heteroatoms. The van der Waals surface area contributed by atoms with Crippen molar-refractivity contribution < 1.29 is 14.6 Å². The van der Waals surface area contributed by atoms with Gasteiger partial charge >= 0.3 is 0 Å². The normalized spacial score (nSPS) is 19.5. The molecule has 4 heterocycles. The van der Waals surface area contributed by atoms with Crippen LogP contribution in [0.15, 0.2) is 36.7 Å². The van der Waals surface area contributed by atoms with Gasteiger partial charge in [-0.1, -0.05) is 6.07 Å². The molecule has 1 N–H and O–H groups in total. The maximum absolute atomic E-state index is 13.2. The first-order valence-corrected chi connectivity index (χ1v) is 9.79. The molecule has 148 valence electrons. The maximum Gasteiger partial charge on any atom is 0.257 e. The summed E-state index contributed by atoms with van der Waals surface area (Å²) in [6, 6.07) is 7.47. The minimum Gasteiger partial charge on any atom is -0.383 e. The molecular formula is C21H26N4O3. The molecule has 2 aliphatic heterocycles. The Balaban J connectivity index is 1.48. The first-order valence-electron chi connectivity index (χ1n) is 9.79. The first-order chi connectivity index (χ1) is 13.6. The van der Waals surface area contributed by atoms with Gasteiger partial charge in [-0.25, -0.2) is 4.98 Å². The largest absolute Gasteiger partial charge is 0.383 e. The molecular weight excluding hydrogens is 356 g/mol. The number of carbonyl (C=O) groups excluding carboxylic acids is 1. The number of hydrogen-bond donors (Lipinski definition) is 1. The third-order valence-corrected chi connectivity index (χ3v) is 5.59. The van der Waals surface area contributed by atoms with E-state index in [-0.39, 0.29) is 5.91 Å². The molecule has 2 aromatic rings. The topological polar surface area (TPSA) is 78.8 Å². The predicted molar refractivity (Wildman–Crippen MR) is 105 cm³/mol. The molecule has 0 unspecified atom stereocenters. The van der Waals surface area contributed by atoms with Crippen LogP contribution in [0.3, 0.4) is 0 Å². The second kappa shape index (κ2) is 7.85. The van der Waals surface area contributed by atoms with Crippen LogP contribution in [0.5, 0.6) is 0 Å². The van der Waals surface area contributed by atoms with E-state index in [0.29, 0.717) is 50.4 Å². The van der Waals surface area contributed by atoms with E-state index >= 15 is 0 Å². The van der Waals surface area contributed by atoms with Crippen LogP contribution in [0.25, 0.3) is 0 Å². The summed E-state index contributed by atoms with van der Waals surface area (Å²) in [5.74, 6) is 0.686. The Bertz CT molecular complexity index is 826. The number of nitrogens with zero attached hydrogens (tertiary/aromatic N) is 4. The Morgan fingerprint density at radius 3 is 2.54 bits per heavy atom. The molecule has 7 nitrogen and oxygen atoms in total. The molecule has 0 radical (unpaired) electrons. The summed E-state index contributed by atoms with van der Waals surface area (Å²) in [5.41, 5.74) is 1.38. The van der Waals surface area contributed by atoms with Gasteiger partial charge in [0.05, 0.1) is 24.5 Å². The highest BCUT2D eigenvalue weighted by Gasteiger charge is 2.37. The van der Waals surface area contributed by atoms with Crippen molar-refractivity contribution >= 4 is 11.7 Å². The number of rotatable bonds is 3. The zero-order valence-electron chi connectivity index (χ0n) is 16.2. The lowest BCUT2D eigenvalue weighted by Crippen LogP contribution is -2.46. The summed E-state index contributed by atoms with van der Waals surface area (Å²) in [5, 5.41) is 11.0. The average molecular weight is 382 g/mol. The fourth-order valence-corrected chi connectivity index (χ4v) is 3.84. The molecule has 0 aromatic carbocycles. The minimum absolute atomic E-state index is 0.0338. The van der Waals surface area contributed by atoms with Gasteiger partial charge in [0.15, 0.2) is 0 Å². The van der Waals surface area contributed by atoms with Crippen LogP contribution >= 0.6 is 0 Å². The second-order valence-corrected chi connectivity index (χ2v) is 7.52. The molecule has 0 atom stereocenters. The van der Waals surface area contributed by atoms with Crippen LogP contribution in [0, 0.1) is 6.92 Å². The number of pyridine rings is 2. The van der Waals surface area contributed by atoms with Gasteiger partial charge in [-0.2, -0.15) is 0 Å².